The minimum Gasteiger partial charge on any atom is -0.349 e. The predicted octanol–water partition coefficient (Wildman–Crippen LogP) is 2.13. The van der Waals surface area contributed by atoms with Gasteiger partial charge in [0.05, 0.1) is 27.8 Å². The fourth-order valence-corrected chi connectivity index (χ4v) is 5.32. The summed E-state index contributed by atoms with van der Waals surface area (Å²) in [5.41, 5.74) is -0.642. The number of sulfone groups is 1. The van der Waals surface area contributed by atoms with Crippen LogP contribution in [0.4, 0.5) is 0 Å². The van der Waals surface area contributed by atoms with E-state index >= 15 is 0 Å². The molecule has 0 radical (unpaired) electrons. The van der Waals surface area contributed by atoms with E-state index in [9.17, 15) is 13.2 Å². The molecule has 1 N–H and O–H groups in total. The molecule has 1 aliphatic heterocycles. The monoisotopic (exact) mass is 333 g/mol. The molecule has 1 aromatic carbocycles. The molecule has 20 heavy (non-hydrogen) atoms. The van der Waals surface area contributed by atoms with Crippen LogP contribution in [0.2, 0.25) is 5.02 Å². The Labute approximate surface area is 128 Å². The standard InChI is InChI=1S/C13H16ClNO3S2/c1-13(6-7-20(17,18)9-13)15-12(16)8-19-11-5-3-2-4-10(11)14/h2-5H,6-9H2,1H3,(H,15,16). The highest BCUT2D eigenvalue weighted by Gasteiger charge is 2.39. The van der Waals surface area contributed by atoms with E-state index < -0.39 is 15.4 Å². The van der Waals surface area contributed by atoms with Gasteiger partial charge in [0.25, 0.3) is 0 Å². The predicted molar refractivity (Wildman–Crippen MR) is 82.0 cm³/mol. The van der Waals surface area contributed by atoms with Gasteiger partial charge in [-0.15, -0.1) is 11.8 Å². The molecule has 0 aromatic heterocycles. The lowest BCUT2D eigenvalue weighted by atomic mass is 10.0. The Hall–Kier alpha value is -0.720. The first-order valence-corrected chi connectivity index (χ1v) is 9.37. The van der Waals surface area contributed by atoms with Gasteiger partial charge in [0.1, 0.15) is 0 Å². The lowest BCUT2D eigenvalue weighted by Crippen LogP contribution is -2.47. The van der Waals surface area contributed by atoms with Crippen molar-refractivity contribution in [2.75, 3.05) is 17.3 Å². The van der Waals surface area contributed by atoms with Crippen molar-refractivity contribution >= 4 is 39.1 Å². The van der Waals surface area contributed by atoms with E-state index in [-0.39, 0.29) is 23.2 Å². The number of thioether (sulfide) groups is 1. The number of hydrogen-bond acceptors (Lipinski definition) is 4. The van der Waals surface area contributed by atoms with Gasteiger partial charge >= 0.3 is 0 Å². The van der Waals surface area contributed by atoms with E-state index in [1.54, 1.807) is 13.0 Å². The average molecular weight is 334 g/mol. The Morgan fingerprint density at radius 2 is 2.15 bits per heavy atom. The van der Waals surface area contributed by atoms with Crippen LogP contribution >= 0.6 is 23.4 Å². The zero-order valence-corrected chi connectivity index (χ0v) is 13.4. The third-order valence-corrected chi connectivity index (χ3v) is 6.56. The molecule has 1 atom stereocenters. The fraction of sp³-hybridized carbons (Fsp3) is 0.462. The molecule has 1 fully saturated rings. The Balaban J connectivity index is 1.89. The fourth-order valence-electron chi connectivity index (χ4n) is 2.19. The van der Waals surface area contributed by atoms with Crippen molar-refractivity contribution in [3.05, 3.63) is 29.3 Å². The zero-order chi connectivity index (χ0) is 14.8. The molecule has 1 heterocycles. The Bertz CT molecular complexity index is 618. The number of carbonyl (C=O) groups excluding carboxylic acids is 1. The summed E-state index contributed by atoms with van der Waals surface area (Å²) in [5, 5.41) is 3.43. The van der Waals surface area contributed by atoms with Crippen molar-refractivity contribution in [1.82, 2.24) is 5.32 Å². The average Bonchev–Trinajstić information content (AvgIpc) is 2.62. The molecule has 2 rings (SSSR count). The molecule has 0 saturated carbocycles. The highest BCUT2D eigenvalue weighted by molar-refractivity contribution is 8.00. The minimum atomic E-state index is -3.02. The van der Waals surface area contributed by atoms with E-state index in [0.717, 1.165) is 4.90 Å². The van der Waals surface area contributed by atoms with Gasteiger partial charge in [0.15, 0.2) is 9.84 Å². The molecule has 0 aliphatic carbocycles. The maximum absolute atomic E-state index is 11.9. The number of hydrogen-bond donors (Lipinski definition) is 1. The number of carbonyl (C=O) groups is 1. The normalized spacial score (nSPS) is 24.5. The van der Waals surface area contributed by atoms with Crippen LogP contribution in [0.25, 0.3) is 0 Å². The maximum Gasteiger partial charge on any atom is 0.230 e. The van der Waals surface area contributed by atoms with Gasteiger partial charge in [0, 0.05) is 4.90 Å². The summed E-state index contributed by atoms with van der Waals surface area (Å²) in [6.45, 7) is 1.77. The maximum atomic E-state index is 11.9. The van der Waals surface area contributed by atoms with E-state index in [2.05, 4.69) is 5.32 Å². The second-order valence-corrected chi connectivity index (χ2v) is 8.78. The SMILES string of the molecule is CC1(NC(=O)CSc2ccccc2Cl)CCS(=O)(=O)C1. The van der Waals surface area contributed by atoms with Crippen LogP contribution in [0, 0.1) is 0 Å². The molecular weight excluding hydrogens is 318 g/mol. The van der Waals surface area contributed by atoms with Crippen LogP contribution in [0.15, 0.2) is 29.2 Å². The first kappa shape index (κ1) is 15.7. The molecule has 1 saturated heterocycles. The Kier molecular flexibility index (Phi) is 4.66. The van der Waals surface area contributed by atoms with Crippen molar-refractivity contribution in [2.45, 2.75) is 23.8 Å². The molecule has 1 amide bonds. The number of halogens is 1. The first-order chi connectivity index (χ1) is 9.30. The number of benzene rings is 1. The van der Waals surface area contributed by atoms with Gasteiger partial charge in [0.2, 0.25) is 5.91 Å². The Morgan fingerprint density at radius 1 is 1.45 bits per heavy atom. The topological polar surface area (TPSA) is 63.2 Å². The summed E-state index contributed by atoms with van der Waals surface area (Å²) in [4.78, 5) is 12.8. The summed E-state index contributed by atoms with van der Waals surface area (Å²) in [6.07, 6.45) is 0.470. The van der Waals surface area contributed by atoms with Crippen LogP contribution in [0.5, 0.6) is 0 Å². The first-order valence-electron chi connectivity index (χ1n) is 6.18. The minimum absolute atomic E-state index is 0.0164. The van der Waals surface area contributed by atoms with Crippen LogP contribution in [0.1, 0.15) is 13.3 Å². The smallest absolute Gasteiger partial charge is 0.230 e. The van der Waals surface area contributed by atoms with Crippen molar-refractivity contribution < 1.29 is 13.2 Å². The highest BCUT2D eigenvalue weighted by Crippen LogP contribution is 2.27. The summed E-state index contributed by atoms with van der Waals surface area (Å²) in [7, 11) is -3.02. The van der Waals surface area contributed by atoms with E-state index in [0.29, 0.717) is 11.4 Å². The molecule has 110 valence electrons. The number of rotatable bonds is 4. The Morgan fingerprint density at radius 3 is 2.75 bits per heavy atom. The van der Waals surface area contributed by atoms with Gasteiger partial charge in [-0.1, -0.05) is 23.7 Å². The van der Waals surface area contributed by atoms with Crippen LogP contribution < -0.4 is 5.32 Å². The zero-order valence-electron chi connectivity index (χ0n) is 11.1. The largest absolute Gasteiger partial charge is 0.349 e. The second-order valence-electron chi connectivity index (χ2n) is 5.17. The molecule has 0 bridgehead atoms. The van der Waals surface area contributed by atoms with Gasteiger partial charge < -0.3 is 5.32 Å². The lowest BCUT2D eigenvalue weighted by molar-refractivity contribution is -0.120. The summed E-state index contributed by atoms with van der Waals surface area (Å²) in [5.74, 6) is 0.207. The van der Waals surface area contributed by atoms with Gasteiger partial charge in [-0.3, -0.25) is 4.79 Å². The molecule has 0 spiro atoms. The van der Waals surface area contributed by atoms with Gasteiger partial charge in [-0.05, 0) is 25.5 Å². The molecular formula is C13H16ClNO3S2. The number of amides is 1. The van der Waals surface area contributed by atoms with Crippen molar-refractivity contribution in [2.24, 2.45) is 0 Å². The van der Waals surface area contributed by atoms with E-state index in [1.807, 2.05) is 18.2 Å². The molecule has 1 aliphatic rings. The van der Waals surface area contributed by atoms with Crippen molar-refractivity contribution in [3.8, 4) is 0 Å². The number of nitrogens with one attached hydrogen (secondary N) is 1. The third kappa shape index (κ3) is 4.14. The van der Waals surface area contributed by atoms with Gasteiger partial charge in [-0.25, -0.2) is 8.42 Å². The molecule has 1 unspecified atom stereocenters. The third-order valence-electron chi connectivity index (χ3n) is 3.14. The summed E-state index contributed by atoms with van der Waals surface area (Å²) in [6, 6.07) is 7.31. The van der Waals surface area contributed by atoms with E-state index in [1.165, 1.54) is 11.8 Å². The van der Waals surface area contributed by atoms with Crippen molar-refractivity contribution in [3.63, 3.8) is 0 Å². The van der Waals surface area contributed by atoms with E-state index in [4.69, 9.17) is 11.6 Å². The highest BCUT2D eigenvalue weighted by atomic mass is 35.5. The lowest BCUT2D eigenvalue weighted by Gasteiger charge is -2.23. The van der Waals surface area contributed by atoms with Crippen molar-refractivity contribution in [1.29, 1.82) is 0 Å². The molecule has 4 nitrogen and oxygen atoms in total. The summed E-state index contributed by atoms with van der Waals surface area (Å²) < 4.78 is 23.0. The van der Waals surface area contributed by atoms with Gasteiger partial charge in [-0.2, -0.15) is 0 Å². The van der Waals surface area contributed by atoms with Crippen LogP contribution in [-0.4, -0.2) is 37.1 Å². The molecule has 1 aromatic rings. The van der Waals surface area contributed by atoms with Crippen LogP contribution in [-0.2, 0) is 14.6 Å². The summed E-state index contributed by atoms with van der Waals surface area (Å²) >= 11 is 7.35. The van der Waals surface area contributed by atoms with Crippen LogP contribution in [0.3, 0.4) is 0 Å². The molecule has 7 heteroatoms. The second kappa shape index (κ2) is 5.95. The quantitative estimate of drug-likeness (QED) is 0.857.